The first-order chi connectivity index (χ1) is 11.0. The smallest absolute Gasteiger partial charge is 0.282 e. The Morgan fingerprint density at radius 2 is 1.83 bits per heavy atom. The minimum atomic E-state index is -0.228. The summed E-state index contributed by atoms with van der Waals surface area (Å²) in [5.41, 5.74) is 3.75. The van der Waals surface area contributed by atoms with E-state index in [9.17, 15) is 4.79 Å². The highest BCUT2D eigenvalue weighted by molar-refractivity contribution is 5.74. The average Bonchev–Trinajstić information content (AvgIpc) is 2.91. The Bertz CT molecular complexity index is 1120. The fraction of sp³-hybridized carbons (Fsp3) is 0.188. The second-order valence-corrected chi connectivity index (χ2v) is 5.56. The standard InChI is InChI=1S/C16H14N6O/c1-9-4-5-12(8-10(9)2)21-7-6-13-14(15(21)23)18-19-16-17-11(3)20-22(13)16/h4-8H,1-3H3. The van der Waals surface area contributed by atoms with Gasteiger partial charge in [0.25, 0.3) is 11.3 Å². The van der Waals surface area contributed by atoms with Crippen molar-refractivity contribution >= 4 is 16.8 Å². The number of rotatable bonds is 1. The summed E-state index contributed by atoms with van der Waals surface area (Å²) in [6.07, 6.45) is 1.73. The summed E-state index contributed by atoms with van der Waals surface area (Å²) in [6.45, 7) is 5.83. The molecular formula is C16H14N6O. The van der Waals surface area contributed by atoms with Crippen LogP contribution in [0.25, 0.3) is 22.5 Å². The number of fused-ring (bicyclic) bond motifs is 3. The second kappa shape index (κ2) is 4.70. The second-order valence-electron chi connectivity index (χ2n) is 5.56. The molecule has 3 aromatic heterocycles. The molecule has 0 bridgehead atoms. The Balaban J connectivity index is 2.02. The molecule has 7 heteroatoms. The summed E-state index contributed by atoms with van der Waals surface area (Å²) >= 11 is 0. The number of aryl methyl sites for hydroxylation is 3. The molecule has 0 aliphatic carbocycles. The van der Waals surface area contributed by atoms with E-state index in [0.29, 0.717) is 17.1 Å². The lowest BCUT2D eigenvalue weighted by Crippen LogP contribution is -2.20. The molecule has 0 spiro atoms. The van der Waals surface area contributed by atoms with E-state index >= 15 is 0 Å². The van der Waals surface area contributed by atoms with Crippen molar-refractivity contribution in [3.63, 3.8) is 0 Å². The van der Waals surface area contributed by atoms with Gasteiger partial charge in [0.05, 0.1) is 0 Å². The maximum absolute atomic E-state index is 12.8. The lowest BCUT2D eigenvalue weighted by atomic mass is 10.1. The van der Waals surface area contributed by atoms with E-state index in [4.69, 9.17) is 0 Å². The lowest BCUT2D eigenvalue weighted by Gasteiger charge is -2.09. The Morgan fingerprint density at radius 3 is 2.61 bits per heavy atom. The number of pyridine rings is 1. The summed E-state index contributed by atoms with van der Waals surface area (Å²) in [4.78, 5) is 16.9. The largest absolute Gasteiger partial charge is 0.285 e. The van der Waals surface area contributed by atoms with Crippen molar-refractivity contribution in [3.05, 3.63) is 57.8 Å². The molecule has 7 nitrogen and oxygen atoms in total. The van der Waals surface area contributed by atoms with Gasteiger partial charge in [0.2, 0.25) is 0 Å². The van der Waals surface area contributed by atoms with Crippen LogP contribution in [0, 0.1) is 20.8 Å². The topological polar surface area (TPSA) is 78.0 Å². The van der Waals surface area contributed by atoms with Crippen molar-refractivity contribution in [2.75, 3.05) is 0 Å². The molecule has 0 N–H and O–H groups in total. The van der Waals surface area contributed by atoms with E-state index in [1.807, 2.05) is 38.1 Å². The average molecular weight is 306 g/mol. The number of aromatic nitrogens is 6. The molecule has 0 saturated carbocycles. The van der Waals surface area contributed by atoms with Gasteiger partial charge in [-0.15, -0.1) is 15.3 Å². The normalized spacial score (nSPS) is 11.4. The van der Waals surface area contributed by atoms with Crippen molar-refractivity contribution < 1.29 is 0 Å². The van der Waals surface area contributed by atoms with E-state index in [1.54, 1.807) is 22.2 Å². The first kappa shape index (κ1) is 13.6. The van der Waals surface area contributed by atoms with E-state index in [1.165, 1.54) is 5.56 Å². The third-order valence-corrected chi connectivity index (χ3v) is 3.98. The van der Waals surface area contributed by atoms with Crippen LogP contribution in [0.1, 0.15) is 17.0 Å². The summed E-state index contributed by atoms with van der Waals surface area (Å²) in [5, 5.41) is 12.3. The minimum Gasteiger partial charge on any atom is -0.282 e. The molecule has 0 aliphatic heterocycles. The van der Waals surface area contributed by atoms with E-state index in [0.717, 1.165) is 11.3 Å². The minimum absolute atomic E-state index is 0.228. The van der Waals surface area contributed by atoms with Crippen LogP contribution in [-0.2, 0) is 0 Å². The molecule has 0 saturated heterocycles. The fourth-order valence-electron chi connectivity index (χ4n) is 2.58. The zero-order valence-electron chi connectivity index (χ0n) is 13.0. The van der Waals surface area contributed by atoms with Gasteiger partial charge in [0, 0.05) is 11.9 Å². The maximum atomic E-state index is 12.8. The molecule has 3 heterocycles. The van der Waals surface area contributed by atoms with Crippen LogP contribution in [0.2, 0.25) is 0 Å². The predicted octanol–water partition coefficient (Wildman–Crippen LogP) is 1.75. The summed E-state index contributed by atoms with van der Waals surface area (Å²) < 4.78 is 3.11. The van der Waals surface area contributed by atoms with Crippen LogP contribution in [0.4, 0.5) is 0 Å². The van der Waals surface area contributed by atoms with Gasteiger partial charge < -0.3 is 0 Å². The molecule has 114 valence electrons. The van der Waals surface area contributed by atoms with E-state index < -0.39 is 0 Å². The Hall–Kier alpha value is -3.09. The fourth-order valence-corrected chi connectivity index (χ4v) is 2.58. The van der Waals surface area contributed by atoms with Crippen molar-refractivity contribution in [1.82, 2.24) is 29.4 Å². The van der Waals surface area contributed by atoms with Crippen LogP contribution in [0.5, 0.6) is 0 Å². The predicted molar refractivity (Wildman–Crippen MR) is 85.9 cm³/mol. The Labute approximate surface area is 131 Å². The number of nitrogens with zero attached hydrogens (tertiary/aromatic N) is 6. The van der Waals surface area contributed by atoms with Gasteiger partial charge in [-0.1, -0.05) is 6.07 Å². The zero-order valence-corrected chi connectivity index (χ0v) is 13.0. The molecule has 0 atom stereocenters. The summed E-state index contributed by atoms with van der Waals surface area (Å²) in [5.74, 6) is 0.975. The molecule has 0 amide bonds. The van der Waals surface area contributed by atoms with Crippen molar-refractivity contribution in [2.24, 2.45) is 0 Å². The van der Waals surface area contributed by atoms with Crippen LogP contribution >= 0.6 is 0 Å². The highest BCUT2D eigenvalue weighted by Gasteiger charge is 2.12. The molecular weight excluding hydrogens is 292 g/mol. The van der Waals surface area contributed by atoms with Crippen LogP contribution in [0.15, 0.2) is 35.3 Å². The van der Waals surface area contributed by atoms with Crippen molar-refractivity contribution in [2.45, 2.75) is 20.8 Å². The highest BCUT2D eigenvalue weighted by Crippen LogP contribution is 2.14. The maximum Gasteiger partial charge on any atom is 0.285 e. The first-order valence-corrected chi connectivity index (χ1v) is 7.23. The Kier molecular flexibility index (Phi) is 2.77. The van der Waals surface area contributed by atoms with Gasteiger partial charge in [-0.25, -0.2) is 0 Å². The van der Waals surface area contributed by atoms with Crippen LogP contribution < -0.4 is 5.56 Å². The molecule has 0 fully saturated rings. The van der Waals surface area contributed by atoms with Gasteiger partial charge in [-0.3, -0.25) is 9.36 Å². The summed E-state index contributed by atoms with van der Waals surface area (Å²) in [6, 6.07) is 7.70. The third-order valence-electron chi connectivity index (χ3n) is 3.98. The van der Waals surface area contributed by atoms with Gasteiger partial charge in [0.15, 0.2) is 5.52 Å². The molecule has 0 radical (unpaired) electrons. The number of hydrogen-bond acceptors (Lipinski definition) is 5. The molecule has 0 unspecified atom stereocenters. The molecule has 4 aromatic rings. The Morgan fingerprint density at radius 1 is 1.00 bits per heavy atom. The monoisotopic (exact) mass is 306 g/mol. The van der Waals surface area contributed by atoms with Crippen LogP contribution in [0.3, 0.4) is 0 Å². The molecule has 4 rings (SSSR count). The molecule has 1 aromatic carbocycles. The van der Waals surface area contributed by atoms with E-state index in [-0.39, 0.29) is 11.1 Å². The first-order valence-electron chi connectivity index (χ1n) is 7.23. The molecule has 23 heavy (non-hydrogen) atoms. The van der Waals surface area contributed by atoms with Gasteiger partial charge in [0.1, 0.15) is 11.3 Å². The van der Waals surface area contributed by atoms with E-state index in [2.05, 4.69) is 20.3 Å². The summed E-state index contributed by atoms with van der Waals surface area (Å²) in [7, 11) is 0. The van der Waals surface area contributed by atoms with Crippen LogP contribution in [-0.4, -0.2) is 29.4 Å². The van der Waals surface area contributed by atoms with Crippen molar-refractivity contribution in [1.29, 1.82) is 0 Å². The quantitative estimate of drug-likeness (QED) is 0.535. The number of benzene rings is 1. The van der Waals surface area contributed by atoms with Crippen molar-refractivity contribution in [3.8, 4) is 5.69 Å². The lowest BCUT2D eigenvalue weighted by molar-refractivity contribution is 0.905. The van der Waals surface area contributed by atoms with Gasteiger partial charge in [-0.2, -0.15) is 9.50 Å². The third kappa shape index (κ3) is 2.01. The highest BCUT2D eigenvalue weighted by atomic mass is 16.1. The SMILES string of the molecule is Cc1nc2nnc3c(=O)n(-c4ccc(C)c(C)c4)ccc3n2n1. The van der Waals surface area contributed by atoms with Gasteiger partial charge >= 0.3 is 0 Å². The van der Waals surface area contributed by atoms with Gasteiger partial charge in [-0.05, 0) is 50.1 Å². The zero-order chi connectivity index (χ0) is 16.1. The number of hydrogen-bond donors (Lipinski definition) is 0. The molecule has 0 aliphatic rings.